The van der Waals surface area contributed by atoms with Gasteiger partial charge in [-0.1, -0.05) is 37.3 Å². The number of rotatable bonds is 2. The van der Waals surface area contributed by atoms with Crippen LogP contribution < -0.4 is 5.43 Å². The minimum Gasteiger partial charge on any atom is -0.507 e. The molecule has 3 rings (SSSR count). The number of hydrogen-bond acceptors (Lipinski definition) is 4. The lowest BCUT2D eigenvalue weighted by molar-refractivity contribution is -0.120. The van der Waals surface area contributed by atoms with Gasteiger partial charge in [0, 0.05) is 17.2 Å². The topological polar surface area (TPSA) is 67.5 Å². The first-order valence-electron chi connectivity index (χ1n) is 7.59. The summed E-state index contributed by atoms with van der Waals surface area (Å²) in [5.41, 5.74) is -0.195. The number of hydrogen-bond donors (Lipinski definition) is 1. The van der Waals surface area contributed by atoms with E-state index in [1.54, 1.807) is 20.8 Å². The molecule has 0 spiro atoms. The lowest BCUT2D eigenvalue weighted by Gasteiger charge is -2.30. The van der Waals surface area contributed by atoms with E-state index in [9.17, 15) is 14.7 Å². The Morgan fingerprint density at radius 2 is 1.78 bits per heavy atom. The zero-order valence-corrected chi connectivity index (χ0v) is 13.3. The molecule has 118 valence electrons. The highest BCUT2D eigenvalue weighted by molar-refractivity contribution is 6.10. The smallest absolute Gasteiger partial charge is 0.196 e. The summed E-state index contributed by atoms with van der Waals surface area (Å²) in [6, 6.07) is 10.6. The van der Waals surface area contributed by atoms with E-state index < -0.39 is 5.41 Å². The molecule has 2 aromatic rings. The van der Waals surface area contributed by atoms with E-state index in [0.717, 1.165) is 5.56 Å². The van der Waals surface area contributed by atoms with E-state index in [1.807, 2.05) is 30.3 Å². The van der Waals surface area contributed by atoms with Gasteiger partial charge in [-0.2, -0.15) is 0 Å². The highest BCUT2D eigenvalue weighted by Crippen LogP contribution is 2.40. The van der Waals surface area contributed by atoms with Crippen LogP contribution in [0.2, 0.25) is 0 Å². The second-order valence-corrected chi connectivity index (χ2v) is 6.18. The summed E-state index contributed by atoms with van der Waals surface area (Å²) in [4.78, 5) is 25.2. The summed E-state index contributed by atoms with van der Waals surface area (Å²) in [6.07, 6.45) is 0.368. The molecule has 1 aromatic heterocycles. The number of carbonyl (C=O) groups excluding carboxylic acids is 1. The Balaban J connectivity index is 2.34. The molecule has 0 aliphatic heterocycles. The van der Waals surface area contributed by atoms with Crippen LogP contribution in [-0.4, -0.2) is 10.9 Å². The van der Waals surface area contributed by atoms with Crippen molar-refractivity contribution in [2.75, 3.05) is 0 Å². The molecule has 4 nitrogen and oxygen atoms in total. The van der Waals surface area contributed by atoms with Gasteiger partial charge in [-0.15, -0.1) is 0 Å². The lowest BCUT2D eigenvalue weighted by atomic mass is 9.74. The number of ketones is 1. The van der Waals surface area contributed by atoms with Crippen molar-refractivity contribution in [2.24, 2.45) is 0 Å². The van der Waals surface area contributed by atoms with Crippen LogP contribution in [0, 0.1) is 0 Å². The molecule has 0 atom stereocenters. The van der Waals surface area contributed by atoms with E-state index in [2.05, 4.69) is 0 Å². The molecule has 0 fully saturated rings. The third-order valence-electron chi connectivity index (χ3n) is 4.29. The SMILES string of the molecule is CCC1=C(O)c2c(oc(-c3ccccc3)cc2=O)C(C)(C)C1=O. The zero-order valence-electron chi connectivity index (χ0n) is 13.3. The van der Waals surface area contributed by atoms with Crippen molar-refractivity contribution >= 4 is 11.5 Å². The van der Waals surface area contributed by atoms with Crippen LogP contribution in [0.15, 0.2) is 51.2 Å². The number of fused-ring (bicyclic) bond motifs is 1. The van der Waals surface area contributed by atoms with Crippen LogP contribution >= 0.6 is 0 Å². The van der Waals surface area contributed by atoms with Crippen LogP contribution in [-0.2, 0) is 10.2 Å². The number of allylic oxidation sites excluding steroid dienone is 1. The molecule has 1 N–H and O–H groups in total. The van der Waals surface area contributed by atoms with Crippen LogP contribution in [0.5, 0.6) is 0 Å². The number of benzene rings is 1. The van der Waals surface area contributed by atoms with Crippen molar-refractivity contribution in [3.63, 3.8) is 0 Å². The molecule has 0 unspecified atom stereocenters. The van der Waals surface area contributed by atoms with Crippen LogP contribution in [0.4, 0.5) is 0 Å². The fourth-order valence-corrected chi connectivity index (χ4v) is 2.97. The van der Waals surface area contributed by atoms with Crippen molar-refractivity contribution in [1.29, 1.82) is 0 Å². The summed E-state index contributed by atoms with van der Waals surface area (Å²) in [5, 5.41) is 10.4. The molecule has 1 aromatic carbocycles. The molecule has 1 aliphatic carbocycles. The quantitative estimate of drug-likeness (QED) is 0.915. The predicted octanol–water partition coefficient (Wildman–Crippen LogP) is 3.85. The first kappa shape index (κ1) is 15.3. The van der Waals surface area contributed by atoms with Gasteiger partial charge in [-0.3, -0.25) is 9.59 Å². The van der Waals surface area contributed by atoms with E-state index >= 15 is 0 Å². The van der Waals surface area contributed by atoms with Crippen LogP contribution in [0.25, 0.3) is 17.1 Å². The normalized spacial score (nSPS) is 16.4. The summed E-state index contributed by atoms with van der Waals surface area (Å²) in [5.74, 6) is 0.157. The molecule has 0 radical (unpaired) electrons. The van der Waals surface area contributed by atoms with E-state index in [4.69, 9.17) is 4.42 Å². The van der Waals surface area contributed by atoms with Gasteiger partial charge in [-0.25, -0.2) is 0 Å². The number of Topliss-reactive ketones (excluding diaryl/α,β-unsaturated/α-hetero) is 1. The van der Waals surface area contributed by atoms with Gasteiger partial charge in [0.25, 0.3) is 0 Å². The number of aliphatic hydroxyl groups excluding tert-OH is 1. The molecule has 4 heteroatoms. The van der Waals surface area contributed by atoms with Gasteiger partial charge in [-0.05, 0) is 20.3 Å². The first-order chi connectivity index (χ1) is 10.9. The van der Waals surface area contributed by atoms with Crippen LogP contribution in [0.1, 0.15) is 38.5 Å². The monoisotopic (exact) mass is 310 g/mol. The average Bonchev–Trinajstić information content (AvgIpc) is 2.54. The Labute approximate surface area is 134 Å². The van der Waals surface area contributed by atoms with Gasteiger partial charge in [0.15, 0.2) is 11.2 Å². The zero-order chi connectivity index (χ0) is 16.8. The number of aliphatic hydroxyl groups is 1. The van der Waals surface area contributed by atoms with Gasteiger partial charge in [0.05, 0.1) is 5.41 Å². The molecule has 23 heavy (non-hydrogen) atoms. The maximum Gasteiger partial charge on any atom is 0.196 e. The van der Waals surface area contributed by atoms with Gasteiger partial charge in [0.2, 0.25) is 0 Å². The molecule has 0 amide bonds. The van der Waals surface area contributed by atoms with Crippen molar-refractivity contribution < 1.29 is 14.3 Å². The minimum atomic E-state index is -0.989. The Hall–Kier alpha value is -2.62. The van der Waals surface area contributed by atoms with Gasteiger partial charge < -0.3 is 9.52 Å². The summed E-state index contributed by atoms with van der Waals surface area (Å²) in [7, 11) is 0. The second kappa shape index (κ2) is 5.23. The molecule has 0 bridgehead atoms. The third-order valence-corrected chi connectivity index (χ3v) is 4.29. The van der Waals surface area contributed by atoms with E-state index in [0.29, 0.717) is 12.2 Å². The molecule has 0 saturated heterocycles. The first-order valence-corrected chi connectivity index (χ1v) is 7.59. The largest absolute Gasteiger partial charge is 0.507 e. The summed E-state index contributed by atoms with van der Waals surface area (Å²) < 4.78 is 5.90. The van der Waals surface area contributed by atoms with Crippen molar-refractivity contribution in [3.8, 4) is 11.3 Å². The fraction of sp³-hybridized carbons (Fsp3) is 0.263. The average molecular weight is 310 g/mol. The van der Waals surface area contributed by atoms with Crippen molar-refractivity contribution in [3.05, 3.63) is 63.5 Å². The highest BCUT2D eigenvalue weighted by Gasteiger charge is 2.43. The third kappa shape index (κ3) is 2.22. The molecule has 1 heterocycles. The van der Waals surface area contributed by atoms with E-state index in [-0.39, 0.29) is 33.9 Å². The summed E-state index contributed by atoms with van der Waals surface area (Å²) >= 11 is 0. The van der Waals surface area contributed by atoms with Crippen molar-refractivity contribution in [1.82, 2.24) is 0 Å². The maximum atomic E-state index is 12.6. The van der Waals surface area contributed by atoms with Gasteiger partial charge in [0.1, 0.15) is 22.8 Å². The Morgan fingerprint density at radius 3 is 2.39 bits per heavy atom. The Bertz CT molecular complexity index is 870. The highest BCUT2D eigenvalue weighted by atomic mass is 16.3. The lowest BCUT2D eigenvalue weighted by Crippen LogP contribution is -2.37. The van der Waals surface area contributed by atoms with Crippen molar-refractivity contribution in [2.45, 2.75) is 32.6 Å². The molecular weight excluding hydrogens is 292 g/mol. The van der Waals surface area contributed by atoms with Gasteiger partial charge >= 0.3 is 0 Å². The Morgan fingerprint density at radius 1 is 1.13 bits per heavy atom. The molecule has 1 aliphatic rings. The molecular formula is C19H18O4. The fourth-order valence-electron chi connectivity index (χ4n) is 2.97. The minimum absolute atomic E-state index is 0.103. The predicted molar refractivity (Wildman–Crippen MR) is 88.3 cm³/mol. The second-order valence-electron chi connectivity index (χ2n) is 6.18. The molecule has 0 saturated carbocycles. The Kier molecular flexibility index (Phi) is 3.48. The summed E-state index contributed by atoms with van der Waals surface area (Å²) in [6.45, 7) is 5.21. The maximum absolute atomic E-state index is 12.6. The standard InChI is InChI=1S/C19H18O4/c1-4-12-16(21)15-13(20)10-14(11-8-6-5-7-9-11)23-18(15)19(2,3)17(12)22/h5-10,21H,4H2,1-3H3. The van der Waals surface area contributed by atoms with E-state index in [1.165, 1.54) is 6.07 Å². The number of carbonyl (C=O) groups is 1. The van der Waals surface area contributed by atoms with Crippen LogP contribution in [0.3, 0.4) is 0 Å².